The molecule has 0 aliphatic rings. The van der Waals surface area contributed by atoms with Gasteiger partial charge in [0.2, 0.25) is 0 Å². The van der Waals surface area contributed by atoms with Crippen LogP contribution < -0.4 is 44.9 Å². The number of fused-ring (bicyclic) bond motifs is 1. The van der Waals surface area contributed by atoms with E-state index < -0.39 is 37.9 Å². The molecule has 0 aromatic heterocycles. The Morgan fingerprint density at radius 3 is 2.14 bits per heavy atom. The average Bonchev–Trinajstić information content (AvgIpc) is 2.55. The van der Waals surface area contributed by atoms with Crippen LogP contribution in [0.5, 0.6) is 17.2 Å². The second kappa shape index (κ2) is 10.2. The molecule has 3 aromatic carbocycles. The first kappa shape index (κ1) is 26.3. The second-order valence-electron chi connectivity index (χ2n) is 5.06. The van der Waals surface area contributed by atoms with Gasteiger partial charge in [-0.05, 0) is 22.9 Å². The van der Waals surface area contributed by atoms with Crippen LogP contribution in [0.4, 0.5) is 11.4 Å². The van der Waals surface area contributed by atoms with E-state index >= 15 is 0 Å². The molecule has 0 saturated carbocycles. The van der Waals surface area contributed by atoms with Gasteiger partial charge in [0.1, 0.15) is 10.1 Å². The zero-order valence-corrected chi connectivity index (χ0v) is 18.4. The van der Waals surface area contributed by atoms with Gasteiger partial charge in [0, 0.05) is 0 Å². The smallest absolute Gasteiger partial charge is 0.872 e. The maximum Gasteiger partial charge on any atom is 3.00 e. The number of rotatable bonds is 3. The van der Waals surface area contributed by atoms with Crippen molar-refractivity contribution in [2.45, 2.75) is 4.90 Å². The largest absolute Gasteiger partial charge is 3.00 e. The molecule has 0 aliphatic heterocycles. The Morgan fingerprint density at radius 1 is 0.893 bits per heavy atom. The third-order valence-corrected chi connectivity index (χ3v) is 4.25. The molecule has 3 rings (SSSR count). The van der Waals surface area contributed by atoms with Gasteiger partial charge in [0.25, 0.3) is 0 Å². The number of hydrogen-bond acceptors (Lipinski definition) is 8. The van der Waals surface area contributed by atoms with E-state index in [9.17, 15) is 28.3 Å². The Hall–Kier alpha value is -1.68. The second-order valence-corrected chi connectivity index (χ2v) is 6.41. The molecule has 2 N–H and O–H groups in total. The predicted molar refractivity (Wildman–Crippen MR) is 84.5 cm³/mol. The van der Waals surface area contributed by atoms with Crippen molar-refractivity contribution in [2.24, 2.45) is 10.2 Å². The predicted octanol–water partition coefficient (Wildman–Crippen LogP) is -2.44. The molecule has 0 heterocycles. The summed E-state index contributed by atoms with van der Waals surface area (Å²) in [7, 11) is -5.03. The number of nitrogens with zero attached hydrogens (tertiary/aromatic N) is 2. The Balaban J connectivity index is 0.00000243. The minimum absolute atomic E-state index is 0. The molecule has 9 nitrogen and oxygen atoms in total. The Morgan fingerprint density at radius 2 is 1.54 bits per heavy atom. The fraction of sp³-hybridized carbons (Fsp3) is 0. The SMILES string of the molecule is O.O=S(=O)([O-])c1cc2ccc([O-])cc2c([O-])c1N=Nc1ccccc1[O-].[Cr+3].[Na+]. The van der Waals surface area contributed by atoms with Crippen LogP contribution in [0.1, 0.15) is 0 Å². The fourth-order valence-electron chi connectivity index (χ4n) is 2.24. The molecule has 28 heavy (non-hydrogen) atoms. The fourth-order valence-corrected chi connectivity index (χ4v) is 2.88. The van der Waals surface area contributed by atoms with Crippen LogP contribution in [0.3, 0.4) is 0 Å². The molecule has 3 aromatic rings. The van der Waals surface area contributed by atoms with Crippen LogP contribution in [-0.4, -0.2) is 18.4 Å². The quantitative estimate of drug-likeness (QED) is 0.243. The first-order valence-electron chi connectivity index (χ1n) is 6.86. The molecular formula is C16H10CrN2NaO7S. The minimum atomic E-state index is -5.03. The van der Waals surface area contributed by atoms with Gasteiger partial charge in [0.15, 0.2) is 0 Å². The van der Waals surface area contributed by atoms with E-state index in [1.165, 1.54) is 30.3 Å². The van der Waals surface area contributed by atoms with Crippen molar-refractivity contribution in [3.8, 4) is 17.2 Å². The average molecular weight is 449 g/mol. The Bertz CT molecular complexity index is 1120. The van der Waals surface area contributed by atoms with Gasteiger partial charge in [-0.1, -0.05) is 47.9 Å². The van der Waals surface area contributed by atoms with Crippen molar-refractivity contribution in [1.82, 2.24) is 0 Å². The van der Waals surface area contributed by atoms with Crippen molar-refractivity contribution in [3.05, 3.63) is 48.5 Å². The maximum atomic E-state index is 12.5. The zero-order chi connectivity index (χ0) is 18.2. The van der Waals surface area contributed by atoms with Gasteiger partial charge in [-0.2, -0.15) is 5.11 Å². The third-order valence-electron chi connectivity index (χ3n) is 3.40. The molecule has 1 radical (unpaired) electrons. The Kier molecular flexibility index (Phi) is 9.59. The summed E-state index contributed by atoms with van der Waals surface area (Å²) in [5.41, 5.74) is -0.870. The van der Waals surface area contributed by atoms with Gasteiger partial charge in [-0.3, -0.25) is 0 Å². The molecule has 0 bridgehead atoms. The van der Waals surface area contributed by atoms with Crippen molar-refractivity contribution in [1.29, 1.82) is 0 Å². The summed E-state index contributed by atoms with van der Waals surface area (Å²) >= 11 is 0. The molecule has 0 amide bonds. The van der Waals surface area contributed by atoms with E-state index in [1.807, 2.05) is 0 Å². The maximum absolute atomic E-state index is 12.5. The number of hydrogen-bond donors (Lipinski definition) is 0. The monoisotopic (exact) mass is 449 g/mol. The van der Waals surface area contributed by atoms with Gasteiger partial charge >= 0.3 is 46.9 Å². The molecule has 0 aliphatic carbocycles. The molecule has 0 unspecified atom stereocenters. The topological polar surface area (TPSA) is 183 Å². The van der Waals surface area contributed by atoms with E-state index in [0.717, 1.165) is 18.2 Å². The molecular weight excluding hydrogens is 439 g/mol. The van der Waals surface area contributed by atoms with E-state index in [4.69, 9.17) is 0 Å². The molecule has 0 saturated heterocycles. The number of para-hydroxylation sites is 1. The summed E-state index contributed by atoms with van der Waals surface area (Å²) in [5.74, 6) is -1.89. The van der Waals surface area contributed by atoms with Crippen LogP contribution in [0, 0.1) is 0 Å². The normalized spacial score (nSPS) is 10.8. The van der Waals surface area contributed by atoms with Crippen molar-refractivity contribution in [2.75, 3.05) is 0 Å². The summed E-state index contributed by atoms with van der Waals surface area (Å²) in [6, 6.07) is 9.85. The van der Waals surface area contributed by atoms with Crippen molar-refractivity contribution < 1.29 is 80.7 Å². The van der Waals surface area contributed by atoms with Gasteiger partial charge in [0.05, 0.1) is 16.3 Å². The molecule has 0 atom stereocenters. The van der Waals surface area contributed by atoms with E-state index in [-0.39, 0.29) is 68.9 Å². The number of azo groups is 1. The van der Waals surface area contributed by atoms with E-state index in [2.05, 4.69) is 10.2 Å². The summed E-state index contributed by atoms with van der Waals surface area (Å²) in [6.45, 7) is 0. The summed E-state index contributed by atoms with van der Waals surface area (Å²) in [6.07, 6.45) is 0. The summed E-state index contributed by atoms with van der Waals surface area (Å²) < 4.78 is 34.4. The summed E-state index contributed by atoms with van der Waals surface area (Å²) in [4.78, 5) is -0.865. The van der Waals surface area contributed by atoms with E-state index in [1.54, 1.807) is 0 Å². The third kappa shape index (κ3) is 5.44. The molecule has 139 valence electrons. The van der Waals surface area contributed by atoms with Crippen molar-refractivity contribution >= 4 is 32.3 Å². The van der Waals surface area contributed by atoms with Gasteiger partial charge in [-0.15, -0.1) is 10.9 Å². The Labute approximate surface area is 192 Å². The zero-order valence-electron chi connectivity index (χ0n) is 14.3. The molecule has 0 spiro atoms. The molecule has 0 fully saturated rings. The van der Waals surface area contributed by atoms with Crippen LogP contribution in [-0.2, 0) is 27.5 Å². The van der Waals surface area contributed by atoms with Gasteiger partial charge < -0.3 is 25.3 Å². The van der Waals surface area contributed by atoms with Crippen molar-refractivity contribution in [3.63, 3.8) is 0 Å². The van der Waals surface area contributed by atoms with E-state index in [0.29, 0.717) is 0 Å². The van der Waals surface area contributed by atoms with Gasteiger partial charge in [-0.25, -0.2) is 8.42 Å². The van der Waals surface area contributed by atoms with Crippen LogP contribution in [0.2, 0.25) is 0 Å². The minimum Gasteiger partial charge on any atom is -0.872 e. The number of benzene rings is 3. The van der Waals surface area contributed by atoms with Crippen LogP contribution in [0.15, 0.2) is 63.7 Å². The van der Waals surface area contributed by atoms with Crippen LogP contribution >= 0.6 is 0 Å². The summed E-state index contributed by atoms with van der Waals surface area (Å²) in [5, 5.41) is 42.6. The standard InChI is InChI=1S/C16H12N2O6S.Cr.Na.H2O/c19-10-6-5-9-7-14(25(22,23)24)15(16(21)11(9)8-10)18-17-12-3-1-2-4-13(12)20;;;/h1-8,19-21H,(H,22,23,24);;;1H2/q;+3;+1;/p-4. The van der Waals surface area contributed by atoms with Crippen LogP contribution in [0.25, 0.3) is 10.8 Å². The first-order valence-corrected chi connectivity index (χ1v) is 8.26. The molecule has 12 heteroatoms. The first-order chi connectivity index (χ1) is 11.8.